The lowest BCUT2D eigenvalue weighted by Crippen LogP contribution is -1.97. The van der Waals surface area contributed by atoms with Crippen LogP contribution in [0.3, 0.4) is 0 Å². The molecule has 0 radical (unpaired) electrons. The van der Waals surface area contributed by atoms with Crippen LogP contribution in [0.4, 0.5) is 0 Å². The molecule has 0 aliphatic rings. The first kappa shape index (κ1) is 22.0. The highest BCUT2D eigenvalue weighted by Crippen LogP contribution is 2.44. The molecule has 0 fully saturated rings. The normalized spacial score (nSPS) is 10.5. The molecule has 0 heterocycles. The average molecular weight is 440 g/mol. The summed E-state index contributed by atoms with van der Waals surface area (Å²) in [4.78, 5) is 12.3. The monoisotopic (exact) mass is 440 g/mol. The van der Waals surface area contributed by atoms with Crippen LogP contribution in [0.25, 0.3) is 33.4 Å². The minimum absolute atomic E-state index is 0.0711. The van der Waals surface area contributed by atoms with E-state index in [0.29, 0.717) is 28.9 Å². The van der Waals surface area contributed by atoms with Gasteiger partial charge in [0.05, 0.1) is 26.9 Å². The Morgan fingerprint density at radius 1 is 0.606 bits per heavy atom. The molecule has 166 valence electrons. The lowest BCUT2D eigenvalue weighted by atomic mass is 9.86. The summed E-state index contributed by atoms with van der Waals surface area (Å²) < 4.78 is 15.8. The number of rotatable bonds is 7. The molecule has 4 rings (SSSR count). The quantitative estimate of drug-likeness (QED) is 0.345. The minimum Gasteiger partial charge on any atom is -0.507 e. The van der Waals surface area contributed by atoms with Crippen molar-refractivity contribution in [3.8, 4) is 56.4 Å². The van der Waals surface area contributed by atoms with E-state index in [9.17, 15) is 9.90 Å². The van der Waals surface area contributed by atoms with Gasteiger partial charge >= 0.3 is 0 Å². The van der Waals surface area contributed by atoms with Gasteiger partial charge in [-0.25, -0.2) is 0 Å². The largest absolute Gasteiger partial charge is 0.507 e. The zero-order chi connectivity index (χ0) is 23.4. The first-order chi connectivity index (χ1) is 16.1. The molecule has 0 atom stereocenters. The maximum atomic E-state index is 12.3. The van der Waals surface area contributed by atoms with Crippen molar-refractivity contribution in [2.75, 3.05) is 21.3 Å². The topological polar surface area (TPSA) is 65.0 Å². The van der Waals surface area contributed by atoms with E-state index >= 15 is 0 Å². The van der Waals surface area contributed by atoms with Crippen LogP contribution in [0.2, 0.25) is 0 Å². The molecular weight excluding hydrogens is 416 g/mol. The zero-order valence-electron chi connectivity index (χ0n) is 18.7. The molecule has 5 heteroatoms. The third-order valence-electron chi connectivity index (χ3n) is 5.64. The Morgan fingerprint density at radius 2 is 1.00 bits per heavy atom. The van der Waals surface area contributed by atoms with E-state index in [1.165, 1.54) is 0 Å². The fourth-order valence-electron chi connectivity index (χ4n) is 3.87. The SMILES string of the molecule is COc1ccc(-c2cc(-c3ccc(OC)cc3)c(-c3ccc(OC)cc3)c(C=O)c2O)cc1. The number of aldehydes is 1. The summed E-state index contributed by atoms with van der Waals surface area (Å²) in [7, 11) is 4.82. The number of aromatic hydroxyl groups is 1. The van der Waals surface area contributed by atoms with Gasteiger partial charge in [0.25, 0.3) is 0 Å². The van der Waals surface area contributed by atoms with Crippen LogP contribution in [0.15, 0.2) is 78.9 Å². The molecule has 0 saturated carbocycles. The van der Waals surface area contributed by atoms with Crippen molar-refractivity contribution in [1.82, 2.24) is 0 Å². The van der Waals surface area contributed by atoms with Crippen LogP contribution in [0.5, 0.6) is 23.0 Å². The van der Waals surface area contributed by atoms with E-state index < -0.39 is 0 Å². The molecule has 0 aromatic heterocycles. The van der Waals surface area contributed by atoms with E-state index in [2.05, 4.69) is 0 Å². The average Bonchev–Trinajstić information content (AvgIpc) is 2.88. The third-order valence-corrected chi connectivity index (χ3v) is 5.64. The second-order valence-corrected chi connectivity index (χ2v) is 7.41. The highest BCUT2D eigenvalue weighted by atomic mass is 16.5. The van der Waals surface area contributed by atoms with Crippen molar-refractivity contribution >= 4 is 6.29 Å². The van der Waals surface area contributed by atoms with Crippen LogP contribution in [-0.4, -0.2) is 32.7 Å². The molecule has 4 aromatic carbocycles. The van der Waals surface area contributed by atoms with Crippen molar-refractivity contribution in [2.45, 2.75) is 0 Å². The number of carbonyl (C=O) groups excluding carboxylic acids is 1. The van der Waals surface area contributed by atoms with E-state index in [0.717, 1.165) is 28.0 Å². The summed E-state index contributed by atoms with van der Waals surface area (Å²) >= 11 is 0. The molecular formula is C28H24O5. The summed E-state index contributed by atoms with van der Waals surface area (Å²) in [5.41, 5.74) is 4.69. The molecule has 0 unspecified atom stereocenters. The van der Waals surface area contributed by atoms with E-state index in [1.807, 2.05) is 78.9 Å². The number of ether oxygens (including phenoxy) is 3. The standard InChI is InChI=1S/C28H24O5/c1-31-21-10-4-18(5-11-21)24-16-25(19-6-12-22(32-2)13-7-19)28(30)26(17-29)27(24)20-8-14-23(33-3)15-9-20/h4-17,30H,1-3H3. The Morgan fingerprint density at radius 3 is 1.39 bits per heavy atom. The van der Waals surface area contributed by atoms with E-state index in [1.54, 1.807) is 21.3 Å². The molecule has 0 bridgehead atoms. The van der Waals surface area contributed by atoms with Crippen molar-refractivity contribution in [2.24, 2.45) is 0 Å². The Labute approximate surface area is 192 Å². The smallest absolute Gasteiger partial charge is 0.154 e. The number of benzene rings is 4. The van der Waals surface area contributed by atoms with Crippen LogP contribution in [-0.2, 0) is 0 Å². The van der Waals surface area contributed by atoms with Gasteiger partial charge in [-0.3, -0.25) is 4.79 Å². The molecule has 0 saturated heterocycles. The van der Waals surface area contributed by atoms with E-state index in [-0.39, 0.29) is 11.3 Å². The van der Waals surface area contributed by atoms with Crippen molar-refractivity contribution in [1.29, 1.82) is 0 Å². The summed E-state index contributed by atoms with van der Waals surface area (Å²) in [6, 6.07) is 24.3. The van der Waals surface area contributed by atoms with Gasteiger partial charge < -0.3 is 19.3 Å². The van der Waals surface area contributed by atoms with Crippen LogP contribution < -0.4 is 14.2 Å². The van der Waals surface area contributed by atoms with Crippen molar-refractivity contribution in [3.63, 3.8) is 0 Å². The predicted octanol–water partition coefficient (Wildman–Crippen LogP) is 6.23. The van der Waals surface area contributed by atoms with Crippen LogP contribution in [0, 0.1) is 0 Å². The maximum absolute atomic E-state index is 12.3. The molecule has 1 N–H and O–H groups in total. The van der Waals surface area contributed by atoms with Gasteiger partial charge in [0, 0.05) is 11.1 Å². The van der Waals surface area contributed by atoms with Gasteiger partial charge in [-0.2, -0.15) is 0 Å². The molecule has 5 nitrogen and oxygen atoms in total. The van der Waals surface area contributed by atoms with Crippen LogP contribution in [0.1, 0.15) is 10.4 Å². The molecule has 0 aliphatic carbocycles. The Hall–Kier alpha value is -4.25. The van der Waals surface area contributed by atoms with Crippen molar-refractivity contribution < 1.29 is 24.1 Å². The minimum atomic E-state index is -0.0711. The predicted molar refractivity (Wildman–Crippen MR) is 129 cm³/mol. The van der Waals surface area contributed by atoms with Gasteiger partial charge in [-0.15, -0.1) is 0 Å². The van der Waals surface area contributed by atoms with Gasteiger partial charge in [-0.1, -0.05) is 36.4 Å². The first-order valence-corrected chi connectivity index (χ1v) is 10.4. The molecule has 4 aromatic rings. The van der Waals surface area contributed by atoms with Crippen molar-refractivity contribution in [3.05, 3.63) is 84.4 Å². The van der Waals surface area contributed by atoms with E-state index in [4.69, 9.17) is 14.2 Å². The lowest BCUT2D eigenvalue weighted by Gasteiger charge is -2.18. The van der Waals surface area contributed by atoms with Gasteiger partial charge in [0.2, 0.25) is 0 Å². The maximum Gasteiger partial charge on any atom is 0.154 e. The summed E-state index contributed by atoms with van der Waals surface area (Å²) in [6.45, 7) is 0. The van der Waals surface area contributed by atoms with Gasteiger partial charge in [0.1, 0.15) is 23.0 Å². The molecule has 0 spiro atoms. The number of phenols is 1. The fourth-order valence-corrected chi connectivity index (χ4v) is 3.87. The third kappa shape index (κ3) is 4.26. The van der Waals surface area contributed by atoms with Gasteiger partial charge in [-0.05, 0) is 64.7 Å². The Balaban J connectivity index is 2.00. The summed E-state index contributed by atoms with van der Waals surface area (Å²) in [5.74, 6) is 2.07. The Kier molecular flexibility index (Phi) is 6.31. The second kappa shape index (κ2) is 9.49. The fraction of sp³-hybridized carbons (Fsp3) is 0.107. The summed E-state index contributed by atoms with van der Waals surface area (Å²) in [6.07, 6.45) is 0.703. The number of hydrogen-bond acceptors (Lipinski definition) is 5. The lowest BCUT2D eigenvalue weighted by molar-refractivity contribution is 0.112. The second-order valence-electron chi connectivity index (χ2n) is 7.41. The highest BCUT2D eigenvalue weighted by molar-refractivity contribution is 6.02. The molecule has 33 heavy (non-hydrogen) atoms. The summed E-state index contributed by atoms with van der Waals surface area (Å²) in [5, 5.41) is 11.2. The number of carbonyl (C=O) groups is 1. The first-order valence-electron chi connectivity index (χ1n) is 10.4. The highest BCUT2D eigenvalue weighted by Gasteiger charge is 2.21. The van der Waals surface area contributed by atoms with Gasteiger partial charge in [0.15, 0.2) is 6.29 Å². The molecule has 0 aliphatic heterocycles. The van der Waals surface area contributed by atoms with Crippen LogP contribution >= 0.6 is 0 Å². The number of phenolic OH excluding ortho intramolecular Hbond substituents is 1. The number of methoxy groups -OCH3 is 3. The molecule has 0 amide bonds. The zero-order valence-corrected chi connectivity index (χ0v) is 18.7. The Bertz CT molecular complexity index is 1260. The number of hydrogen-bond donors (Lipinski definition) is 1.